The van der Waals surface area contributed by atoms with Crippen LogP contribution >= 0.6 is 11.6 Å². The van der Waals surface area contributed by atoms with Crippen molar-refractivity contribution in [3.63, 3.8) is 0 Å². The molecule has 0 bridgehead atoms. The van der Waals surface area contributed by atoms with Crippen LogP contribution in [0.25, 0.3) is 0 Å². The average molecular weight is 341 g/mol. The summed E-state index contributed by atoms with van der Waals surface area (Å²) < 4.78 is 0. The van der Waals surface area contributed by atoms with E-state index < -0.39 is 0 Å². The van der Waals surface area contributed by atoms with E-state index in [0.717, 1.165) is 35.6 Å². The lowest BCUT2D eigenvalue weighted by Crippen LogP contribution is -2.11. The third-order valence-corrected chi connectivity index (χ3v) is 4.23. The number of hydrogen-bond donors (Lipinski definition) is 0. The van der Waals surface area contributed by atoms with Crippen LogP contribution in [0.1, 0.15) is 38.3 Å². The lowest BCUT2D eigenvalue weighted by Gasteiger charge is -2.09. The highest BCUT2D eigenvalue weighted by molar-refractivity contribution is 6.43. The SMILES string of the molecule is CCc1ccccc1N=C(C)C(CCCl)=Nc1ccccc1CC. The Morgan fingerprint density at radius 1 is 0.833 bits per heavy atom. The number of alkyl halides is 1. The zero-order valence-electron chi connectivity index (χ0n) is 14.7. The van der Waals surface area contributed by atoms with Gasteiger partial charge in [0.1, 0.15) is 0 Å². The molecule has 0 N–H and O–H groups in total. The third kappa shape index (κ3) is 4.78. The Balaban J connectivity index is 2.42. The van der Waals surface area contributed by atoms with Gasteiger partial charge >= 0.3 is 0 Å². The Hall–Kier alpha value is -1.93. The lowest BCUT2D eigenvalue weighted by atomic mass is 10.1. The van der Waals surface area contributed by atoms with Gasteiger partial charge in [-0.25, -0.2) is 0 Å². The first-order valence-electron chi connectivity index (χ1n) is 8.54. The second-order valence-corrected chi connectivity index (χ2v) is 6.04. The van der Waals surface area contributed by atoms with E-state index >= 15 is 0 Å². The average Bonchev–Trinajstić information content (AvgIpc) is 2.62. The van der Waals surface area contributed by atoms with Gasteiger partial charge in [-0.05, 0) is 43.0 Å². The Kier molecular flexibility index (Phi) is 7.20. The van der Waals surface area contributed by atoms with E-state index in [0.29, 0.717) is 12.3 Å². The first-order valence-corrected chi connectivity index (χ1v) is 9.08. The molecule has 0 aliphatic heterocycles. The normalized spacial score (nSPS) is 12.5. The summed E-state index contributed by atoms with van der Waals surface area (Å²) >= 11 is 6.01. The molecular formula is C21H25ClN2. The molecule has 0 amide bonds. The quantitative estimate of drug-likeness (QED) is 0.417. The largest absolute Gasteiger partial charge is 0.252 e. The molecule has 126 valence electrons. The van der Waals surface area contributed by atoms with E-state index in [1.807, 2.05) is 19.1 Å². The van der Waals surface area contributed by atoms with Crippen LogP contribution in [0.4, 0.5) is 11.4 Å². The van der Waals surface area contributed by atoms with Crippen molar-refractivity contribution in [2.24, 2.45) is 9.98 Å². The summed E-state index contributed by atoms with van der Waals surface area (Å²) in [5.41, 5.74) is 6.41. The number of hydrogen-bond acceptors (Lipinski definition) is 2. The topological polar surface area (TPSA) is 24.7 Å². The number of aliphatic imine (C=N–C) groups is 2. The minimum Gasteiger partial charge on any atom is -0.252 e. The van der Waals surface area contributed by atoms with Crippen molar-refractivity contribution < 1.29 is 0 Å². The Morgan fingerprint density at radius 3 is 1.83 bits per heavy atom. The second kappa shape index (κ2) is 9.39. The van der Waals surface area contributed by atoms with Crippen molar-refractivity contribution in [2.75, 3.05) is 5.88 Å². The van der Waals surface area contributed by atoms with Gasteiger partial charge in [0, 0.05) is 12.3 Å². The molecule has 2 aromatic rings. The fourth-order valence-corrected chi connectivity index (χ4v) is 2.81. The van der Waals surface area contributed by atoms with Crippen molar-refractivity contribution in [1.82, 2.24) is 0 Å². The fourth-order valence-electron chi connectivity index (χ4n) is 2.64. The van der Waals surface area contributed by atoms with Crippen LogP contribution in [0.15, 0.2) is 58.5 Å². The first kappa shape index (κ1) is 18.4. The highest BCUT2D eigenvalue weighted by Crippen LogP contribution is 2.22. The molecule has 0 aromatic heterocycles. The molecule has 0 saturated carbocycles. The maximum Gasteiger partial charge on any atom is 0.0665 e. The van der Waals surface area contributed by atoms with E-state index in [1.54, 1.807) is 0 Å². The molecule has 3 heteroatoms. The van der Waals surface area contributed by atoms with Gasteiger partial charge in [-0.3, -0.25) is 9.98 Å². The van der Waals surface area contributed by atoms with Crippen molar-refractivity contribution in [2.45, 2.75) is 40.0 Å². The van der Waals surface area contributed by atoms with Crippen LogP contribution in [-0.2, 0) is 12.8 Å². The maximum absolute atomic E-state index is 6.01. The van der Waals surface area contributed by atoms with E-state index in [-0.39, 0.29) is 0 Å². The molecule has 0 spiro atoms. The van der Waals surface area contributed by atoms with Crippen molar-refractivity contribution >= 4 is 34.4 Å². The highest BCUT2D eigenvalue weighted by atomic mass is 35.5. The summed E-state index contributed by atoms with van der Waals surface area (Å²) in [6.07, 6.45) is 2.64. The van der Waals surface area contributed by atoms with Crippen molar-refractivity contribution in [3.05, 3.63) is 59.7 Å². The van der Waals surface area contributed by atoms with Crippen LogP contribution in [0.2, 0.25) is 0 Å². The van der Waals surface area contributed by atoms with Gasteiger partial charge in [-0.2, -0.15) is 0 Å². The zero-order valence-corrected chi connectivity index (χ0v) is 15.5. The second-order valence-electron chi connectivity index (χ2n) is 5.66. The standard InChI is InChI=1S/C21H25ClN2/c1-4-17-10-6-8-12-20(17)23-16(3)19(14-15-22)24-21-13-9-7-11-18(21)5-2/h6-13H,4-5,14-15H2,1-3H3. The fraction of sp³-hybridized carbons (Fsp3) is 0.333. The Labute approximate surface area is 150 Å². The van der Waals surface area contributed by atoms with E-state index in [4.69, 9.17) is 21.6 Å². The molecule has 0 radical (unpaired) electrons. The third-order valence-electron chi connectivity index (χ3n) is 4.04. The molecule has 0 heterocycles. The molecule has 0 aliphatic rings. The molecular weight excluding hydrogens is 316 g/mol. The van der Waals surface area contributed by atoms with Crippen LogP contribution in [0, 0.1) is 0 Å². The first-order chi connectivity index (χ1) is 11.7. The minimum absolute atomic E-state index is 0.537. The number of benzene rings is 2. The van der Waals surface area contributed by atoms with E-state index in [1.165, 1.54) is 11.1 Å². The number of halogens is 1. The Bertz CT molecular complexity index is 732. The van der Waals surface area contributed by atoms with E-state index in [2.05, 4.69) is 50.2 Å². The molecule has 0 unspecified atom stereocenters. The van der Waals surface area contributed by atoms with Crippen LogP contribution in [0.3, 0.4) is 0 Å². The monoisotopic (exact) mass is 340 g/mol. The molecule has 2 rings (SSSR count). The molecule has 0 fully saturated rings. The number of nitrogens with zero attached hydrogens (tertiary/aromatic N) is 2. The van der Waals surface area contributed by atoms with Gasteiger partial charge in [0.15, 0.2) is 0 Å². The Morgan fingerprint density at radius 2 is 1.33 bits per heavy atom. The predicted octanol–water partition coefficient (Wildman–Crippen LogP) is 6.31. The zero-order chi connectivity index (χ0) is 17.4. The summed E-state index contributed by atoms with van der Waals surface area (Å²) in [6.45, 7) is 6.31. The van der Waals surface area contributed by atoms with Gasteiger partial charge in [-0.1, -0.05) is 50.2 Å². The van der Waals surface area contributed by atoms with Gasteiger partial charge in [-0.15, -0.1) is 11.6 Å². The molecule has 2 aromatic carbocycles. The summed E-state index contributed by atoms with van der Waals surface area (Å²) in [5, 5.41) is 0. The van der Waals surface area contributed by atoms with Gasteiger partial charge in [0.05, 0.1) is 22.8 Å². The van der Waals surface area contributed by atoms with Crippen LogP contribution in [-0.4, -0.2) is 17.3 Å². The smallest absolute Gasteiger partial charge is 0.0665 e. The predicted molar refractivity (Wildman–Crippen MR) is 107 cm³/mol. The van der Waals surface area contributed by atoms with Gasteiger partial charge in [0.2, 0.25) is 0 Å². The maximum atomic E-state index is 6.01. The summed E-state index contributed by atoms with van der Waals surface area (Å²) in [6, 6.07) is 16.5. The number of rotatable bonds is 7. The van der Waals surface area contributed by atoms with Gasteiger partial charge < -0.3 is 0 Å². The number of para-hydroxylation sites is 2. The van der Waals surface area contributed by atoms with E-state index in [9.17, 15) is 0 Å². The minimum atomic E-state index is 0.537. The lowest BCUT2D eigenvalue weighted by molar-refractivity contribution is 1.13. The summed E-state index contributed by atoms with van der Waals surface area (Å²) in [4.78, 5) is 9.70. The molecule has 24 heavy (non-hydrogen) atoms. The van der Waals surface area contributed by atoms with Crippen molar-refractivity contribution in [3.8, 4) is 0 Å². The molecule has 0 aliphatic carbocycles. The van der Waals surface area contributed by atoms with Gasteiger partial charge in [0.25, 0.3) is 0 Å². The molecule has 0 atom stereocenters. The summed E-state index contributed by atoms with van der Waals surface area (Å²) in [5.74, 6) is 0.537. The number of aryl methyl sites for hydroxylation is 2. The van der Waals surface area contributed by atoms with Crippen LogP contribution in [0.5, 0.6) is 0 Å². The highest BCUT2D eigenvalue weighted by Gasteiger charge is 2.08. The van der Waals surface area contributed by atoms with Crippen molar-refractivity contribution in [1.29, 1.82) is 0 Å². The molecule has 0 saturated heterocycles. The summed E-state index contributed by atoms with van der Waals surface area (Å²) in [7, 11) is 0. The van der Waals surface area contributed by atoms with Crippen LogP contribution < -0.4 is 0 Å². The molecule has 2 nitrogen and oxygen atoms in total.